The minimum Gasteiger partial charge on any atom is -0.282 e. The highest BCUT2D eigenvalue weighted by Crippen LogP contribution is 2.28. The summed E-state index contributed by atoms with van der Waals surface area (Å²) in [6.07, 6.45) is 36.7. The van der Waals surface area contributed by atoms with Crippen molar-refractivity contribution in [1.29, 1.82) is 0 Å². The third kappa shape index (κ3) is 17.9. The third-order valence-electron chi connectivity index (χ3n) is 9.45. The molecule has 0 radical (unpaired) electrons. The van der Waals surface area contributed by atoms with Crippen LogP contribution in [0.15, 0.2) is 35.2 Å². The first-order valence-electron chi connectivity index (χ1n) is 19.0. The molecule has 2 rings (SSSR count). The maximum absolute atomic E-state index is 12.2. The Morgan fingerprint density at radius 1 is 0.455 bits per heavy atom. The Labute approximate surface area is 273 Å². The van der Waals surface area contributed by atoms with Gasteiger partial charge in [0.15, 0.2) is 0 Å². The molecule has 0 heterocycles. The van der Waals surface area contributed by atoms with Gasteiger partial charge in [-0.1, -0.05) is 192 Å². The van der Waals surface area contributed by atoms with E-state index < -0.39 is 10.1 Å². The molecule has 0 bridgehead atoms. The van der Waals surface area contributed by atoms with Gasteiger partial charge in [0, 0.05) is 5.39 Å². The van der Waals surface area contributed by atoms with Crippen molar-refractivity contribution in [3.05, 3.63) is 41.5 Å². The monoisotopic (exact) mass is 628 g/mol. The van der Waals surface area contributed by atoms with Gasteiger partial charge in [0.05, 0.1) is 0 Å². The predicted octanol–water partition coefficient (Wildman–Crippen LogP) is 13.4. The van der Waals surface area contributed by atoms with Gasteiger partial charge in [0.1, 0.15) is 4.90 Å². The van der Waals surface area contributed by atoms with E-state index in [4.69, 9.17) is 0 Å². The first kappa shape index (κ1) is 38.8. The molecule has 0 aliphatic rings. The van der Waals surface area contributed by atoms with Crippen LogP contribution in [0.2, 0.25) is 0 Å². The number of benzene rings is 2. The second-order valence-corrected chi connectivity index (χ2v) is 15.0. The molecule has 252 valence electrons. The standard InChI is InChI=1S/C40H68O3S/c1-3-5-7-9-11-13-15-17-19-21-23-25-27-29-36-31-32-39-38(33-36)34-37(35-40(39)44(41,42)43)30-28-26-24-22-20-18-16-14-12-10-8-6-4-2/h31-35H,3-30H2,1-2H3,(H,41,42,43). The molecule has 0 spiro atoms. The normalized spacial score (nSPS) is 12.0. The van der Waals surface area contributed by atoms with Crippen LogP contribution in [0, 0.1) is 0 Å². The number of hydrogen-bond acceptors (Lipinski definition) is 2. The molecule has 2 aromatic rings. The first-order valence-corrected chi connectivity index (χ1v) is 20.4. The molecule has 0 saturated carbocycles. The Bertz CT molecular complexity index is 1090. The van der Waals surface area contributed by atoms with Crippen LogP contribution in [0.4, 0.5) is 0 Å². The van der Waals surface area contributed by atoms with Gasteiger partial charge in [-0.3, -0.25) is 4.55 Å². The van der Waals surface area contributed by atoms with Gasteiger partial charge >= 0.3 is 0 Å². The third-order valence-corrected chi connectivity index (χ3v) is 10.3. The Morgan fingerprint density at radius 3 is 1.18 bits per heavy atom. The van der Waals surface area contributed by atoms with Crippen molar-refractivity contribution in [2.75, 3.05) is 0 Å². The van der Waals surface area contributed by atoms with Gasteiger partial charge in [-0.15, -0.1) is 0 Å². The van der Waals surface area contributed by atoms with E-state index in [1.165, 1.54) is 166 Å². The maximum atomic E-state index is 12.2. The van der Waals surface area contributed by atoms with Gasteiger partial charge in [0.2, 0.25) is 0 Å². The molecule has 0 atom stereocenters. The summed E-state index contributed by atoms with van der Waals surface area (Å²) in [7, 11) is -4.26. The van der Waals surface area contributed by atoms with E-state index in [9.17, 15) is 13.0 Å². The lowest BCUT2D eigenvalue weighted by molar-refractivity contribution is 0.484. The molecule has 2 aromatic carbocycles. The highest BCUT2D eigenvalue weighted by Gasteiger charge is 2.16. The minimum absolute atomic E-state index is 0.0622. The summed E-state index contributed by atoms with van der Waals surface area (Å²) < 4.78 is 34.4. The molecule has 3 nitrogen and oxygen atoms in total. The molecule has 44 heavy (non-hydrogen) atoms. The summed E-state index contributed by atoms with van der Waals surface area (Å²) in [5.41, 5.74) is 2.28. The lowest BCUT2D eigenvalue weighted by Crippen LogP contribution is -2.01. The lowest BCUT2D eigenvalue weighted by Gasteiger charge is -2.11. The van der Waals surface area contributed by atoms with Crippen LogP contribution in [-0.4, -0.2) is 13.0 Å². The molecule has 0 aromatic heterocycles. The number of unbranched alkanes of at least 4 members (excludes halogenated alkanes) is 24. The molecule has 0 fully saturated rings. The highest BCUT2D eigenvalue weighted by molar-refractivity contribution is 7.86. The number of fused-ring (bicyclic) bond motifs is 1. The summed E-state index contributed by atoms with van der Waals surface area (Å²) in [6.45, 7) is 4.55. The molecule has 0 amide bonds. The van der Waals surface area contributed by atoms with E-state index in [0.717, 1.165) is 30.2 Å². The van der Waals surface area contributed by atoms with Gasteiger partial charge in [-0.2, -0.15) is 8.42 Å². The Morgan fingerprint density at radius 2 is 0.795 bits per heavy atom. The zero-order valence-corrected chi connectivity index (χ0v) is 29.7. The van der Waals surface area contributed by atoms with Crippen LogP contribution in [0.3, 0.4) is 0 Å². The number of hydrogen-bond donors (Lipinski definition) is 1. The van der Waals surface area contributed by atoms with E-state index in [0.29, 0.717) is 5.39 Å². The van der Waals surface area contributed by atoms with E-state index in [1.807, 2.05) is 12.1 Å². The molecule has 0 saturated heterocycles. The van der Waals surface area contributed by atoms with Crippen LogP contribution in [-0.2, 0) is 23.0 Å². The zero-order chi connectivity index (χ0) is 31.7. The van der Waals surface area contributed by atoms with Gasteiger partial charge < -0.3 is 0 Å². The fourth-order valence-corrected chi connectivity index (χ4v) is 7.41. The second-order valence-electron chi connectivity index (χ2n) is 13.6. The van der Waals surface area contributed by atoms with E-state index in [1.54, 1.807) is 6.07 Å². The fourth-order valence-electron chi connectivity index (χ4n) is 6.65. The van der Waals surface area contributed by atoms with Crippen molar-refractivity contribution < 1.29 is 13.0 Å². The molecular formula is C40H68O3S. The Hall–Kier alpha value is -1.39. The molecule has 0 unspecified atom stereocenters. The van der Waals surface area contributed by atoms with E-state index in [2.05, 4.69) is 26.0 Å². The first-order chi connectivity index (χ1) is 21.5. The summed E-state index contributed by atoms with van der Waals surface area (Å²) in [4.78, 5) is 0.0622. The highest BCUT2D eigenvalue weighted by atomic mass is 32.2. The van der Waals surface area contributed by atoms with Crippen molar-refractivity contribution in [3.8, 4) is 0 Å². The van der Waals surface area contributed by atoms with Crippen molar-refractivity contribution in [1.82, 2.24) is 0 Å². The smallest absolute Gasteiger partial charge is 0.282 e. The van der Waals surface area contributed by atoms with Crippen LogP contribution in [0.5, 0.6) is 0 Å². The maximum Gasteiger partial charge on any atom is 0.295 e. The molecule has 0 aliphatic carbocycles. The van der Waals surface area contributed by atoms with Crippen LogP contribution in [0.1, 0.15) is 192 Å². The average molecular weight is 629 g/mol. The molecule has 0 aliphatic heterocycles. The van der Waals surface area contributed by atoms with Crippen molar-refractivity contribution in [3.63, 3.8) is 0 Å². The Balaban J connectivity index is 1.68. The summed E-state index contributed by atoms with van der Waals surface area (Å²) >= 11 is 0. The number of aryl methyl sites for hydroxylation is 2. The quantitative estimate of drug-likeness (QED) is 0.0720. The summed E-state index contributed by atoms with van der Waals surface area (Å²) in [6, 6.07) is 9.94. The van der Waals surface area contributed by atoms with E-state index in [-0.39, 0.29) is 4.90 Å². The average Bonchev–Trinajstić information content (AvgIpc) is 3.00. The SMILES string of the molecule is CCCCCCCCCCCCCCCc1ccc2c(S(=O)(=O)O)cc(CCCCCCCCCCCCCCC)cc2c1. The van der Waals surface area contributed by atoms with Gasteiger partial charge in [-0.25, -0.2) is 0 Å². The largest absolute Gasteiger partial charge is 0.295 e. The topological polar surface area (TPSA) is 54.4 Å². The molecule has 1 N–H and O–H groups in total. The Kier molecular flexibility index (Phi) is 21.9. The van der Waals surface area contributed by atoms with Crippen molar-refractivity contribution >= 4 is 20.9 Å². The fraction of sp³-hybridized carbons (Fsp3) is 0.750. The molecular weight excluding hydrogens is 561 g/mol. The molecule has 4 heteroatoms. The summed E-state index contributed by atoms with van der Waals surface area (Å²) in [5.74, 6) is 0. The van der Waals surface area contributed by atoms with Crippen molar-refractivity contribution in [2.45, 2.75) is 199 Å². The second kappa shape index (κ2) is 24.8. The van der Waals surface area contributed by atoms with Crippen LogP contribution < -0.4 is 0 Å². The number of rotatable bonds is 29. The van der Waals surface area contributed by atoms with Crippen LogP contribution in [0.25, 0.3) is 10.8 Å². The predicted molar refractivity (Wildman–Crippen MR) is 193 cm³/mol. The van der Waals surface area contributed by atoms with Gasteiger partial charge in [0.25, 0.3) is 10.1 Å². The van der Waals surface area contributed by atoms with E-state index >= 15 is 0 Å². The minimum atomic E-state index is -4.26. The van der Waals surface area contributed by atoms with Crippen molar-refractivity contribution in [2.24, 2.45) is 0 Å². The van der Waals surface area contributed by atoms with Crippen LogP contribution >= 0.6 is 0 Å². The zero-order valence-electron chi connectivity index (χ0n) is 28.9. The summed E-state index contributed by atoms with van der Waals surface area (Å²) in [5, 5.41) is 1.58. The lowest BCUT2D eigenvalue weighted by atomic mass is 9.98. The van der Waals surface area contributed by atoms with Gasteiger partial charge in [-0.05, 0) is 48.3 Å².